The number of unbranched alkanes of at least 4 members (excludes halogenated alkanes) is 30. The first-order chi connectivity index (χ1) is 50.7. The van der Waals surface area contributed by atoms with Crippen molar-refractivity contribution in [1.82, 2.24) is 0 Å². The van der Waals surface area contributed by atoms with E-state index >= 15 is 0 Å². The molecule has 0 rings (SSSR count). The predicted octanol–water partition coefficient (Wildman–Crippen LogP) is 23.9. The number of esters is 4. The topological polar surface area (TPSA) is 237 Å². The molecule has 0 heterocycles. The van der Waals surface area contributed by atoms with Crippen LogP contribution in [0.1, 0.15) is 336 Å². The number of rotatable bonds is 76. The van der Waals surface area contributed by atoms with Gasteiger partial charge in [-0.15, -0.1) is 0 Å². The highest BCUT2D eigenvalue weighted by molar-refractivity contribution is 7.47. The Balaban J connectivity index is 5.45. The van der Waals surface area contributed by atoms with Crippen LogP contribution in [0.25, 0.3) is 0 Å². The molecule has 0 spiro atoms. The van der Waals surface area contributed by atoms with Crippen molar-refractivity contribution in [3.8, 4) is 0 Å². The van der Waals surface area contributed by atoms with Gasteiger partial charge in [-0.1, -0.05) is 284 Å². The predicted molar refractivity (Wildman–Crippen MR) is 427 cm³/mol. The summed E-state index contributed by atoms with van der Waals surface area (Å²) in [6.07, 6.45) is 84.7. The number of hydrogen-bond acceptors (Lipinski definition) is 15. The van der Waals surface area contributed by atoms with Crippen LogP contribution in [0.3, 0.4) is 0 Å². The lowest BCUT2D eigenvalue weighted by atomic mass is 10.1. The van der Waals surface area contributed by atoms with E-state index in [1.54, 1.807) is 0 Å². The summed E-state index contributed by atoms with van der Waals surface area (Å²) in [6, 6.07) is 0. The van der Waals surface area contributed by atoms with Crippen LogP contribution in [0.15, 0.2) is 122 Å². The van der Waals surface area contributed by atoms with Crippen LogP contribution in [-0.2, 0) is 65.4 Å². The highest BCUT2D eigenvalue weighted by Gasteiger charge is 2.30. The fraction of sp³-hybridized carbons (Fsp3) is 0.718. The first-order valence-corrected chi connectivity index (χ1v) is 43.8. The molecule has 2 unspecified atom stereocenters. The number of allylic oxidation sites excluding steroid dienone is 20. The first-order valence-electron chi connectivity index (χ1n) is 40.8. The molecule has 0 fully saturated rings. The van der Waals surface area contributed by atoms with Gasteiger partial charge in [-0.25, -0.2) is 9.13 Å². The minimum atomic E-state index is -5.00. The number of aliphatic hydroxyl groups is 1. The third kappa shape index (κ3) is 75.7. The van der Waals surface area contributed by atoms with E-state index in [0.717, 1.165) is 173 Å². The van der Waals surface area contributed by atoms with E-state index in [0.29, 0.717) is 32.1 Å². The van der Waals surface area contributed by atoms with E-state index in [9.17, 15) is 43.2 Å². The highest BCUT2D eigenvalue weighted by atomic mass is 31.2. The van der Waals surface area contributed by atoms with E-state index in [1.165, 1.54) is 77.0 Å². The van der Waals surface area contributed by atoms with Gasteiger partial charge in [0.2, 0.25) is 0 Å². The largest absolute Gasteiger partial charge is 0.472 e. The summed E-state index contributed by atoms with van der Waals surface area (Å²) in [5, 5.41) is 10.6. The van der Waals surface area contributed by atoms with Crippen molar-refractivity contribution in [2.24, 2.45) is 0 Å². The lowest BCUT2D eigenvalue weighted by molar-refractivity contribution is -0.161. The van der Waals surface area contributed by atoms with Gasteiger partial charge in [-0.2, -0.15) is 0 Å². The Bertz CT molecular complexity index is 2440. The summed E-state index contributed by atoms with van der Waals surface area (Å²) in [5.41, 5.74) is 0. The molecule has 3 N–H and O–H groups in total. The quantitative estimate of drug-likeness (QED) is 0.0169. The van der Waals surface area contributed by atoms with Crippen molar-refractivity contribution in [1.29, 1.82) is 0 Å². The molecule has 0 aliphatic rings. The number of ether oxygens (including phenoxy) is 4. The molecule has 17 nitrogen and oxygen atoms in total. The maximum Gasteiger partial charge on any atom is 0.472 e. The summed E-state index contributed by atoms with van der Waals surface area (Å²) in [5.74, 6) is -2.29. The zero-order chi connectivity index (χ0) is 76.0. The van der Waals surface area contributed by atoms with Gasteiger partial charge in [0.15, 0.2) is 12.2 Å². The number of phosphoric acid groups is 2. The monoisotopic (exact) mass is 1500 g/mol. The molecule has 19 heteroatoms. The number of carbonyl (C=O) groups is 4. The molecule has 0 amide bonds. The van der Waals surface area contributed by atoms with Gasteiger partial charge in [-0.3, -0.25) is 37.3 Å². The second-order valence-electron chi connectivity index (χ2n) is 27.0. The number of phosphoric ester groups is 2. The average Bonchev–Trinajstić information content (AvgIpc) is 0.943. The van der Waals surface area contributed by atoms with Gasteiger partial charge in [0.05, 0.1) is 26.4 Å². The molecule has 0 saturated carbocycles. The van der Waals surface area contributed by atoms with Gasteiger partial charge in [0.1, 0.15) is 19.3 Å². The van der Waals surface area contributed by atoms with Crippen molar-refractivity contribution in [2.45, 2.75) is 354 Å². The molecule has 5 atom stereocenters. The minimum absolute atomic E-state index is 0.0326. The number of hydrogen-bond donors (Lipinski definition) is 3. The Labute approximate surface area is 632 Å². The molecule has 0 saturated heterocycles. The van der Waals surface area contributed by atoms with Gasteiger partial charge in [-0.05, 0) is 148 Å². The highest BCUT2D eigenvalue weighted by Crippen LogP contribution is 2.45. The molecule has 0 radical (unpaired) electrons. The first kappa shape index (κ1) is 99.5. The Morgan fingerprint density at radius 2 is 0.519 bits per heavy atom. The van der Waals surface area contributed by atoms with Crippen LogP contribution in [0, 0.1) is 0 Å². The normalized spacial score (nSPS) is 14.5. The number of carbonyl (C=O) groups excluding carboxylic acids is 4. The minimum Gasteiger partial charge on any atom is -0.462 e. The molecule has 0 bridgehead atoms. The van der Waals surface area contributed by atoms with Crippen LogP contribution < -0.4 is 0 Å². The zero-order valence-corrected chi connectivity index (χ0v) is 67.2. The second kappa shape index (κ2) is 76.6. The third-order valence-electron chi connectivity index (χ3n) is 16.9. The van der Waals surface area contributed by atoms with Crippen LogP contribution in [-0.4, -0.2) is 96.7 Å². The Hall–Kier alpha value is -4.54. The van der Waals surface area contributed by atoms with Crippen molar-refractivity contribution in [3.63, 3.8) is 0 Å². The summed E-state index contributed by atoms with van der Waals surface area (Å²) >= 11 is 0. The SMILES string of the molecule is CC/C=C\C/C=C\C/C=C\C/C=C\C/C=C\C/C=C\CCC(=O)O[C@H](COC(=O)CCCCCCCCC/C=C\CCCCCC)COP(=O)(O)OC[C@H](O)COP(=O)(O)OC[C@@H](COC(=O)CCCCCCC/C=C\C/C=C\CCCCC)OC(=O)CCCCCCCCC/C=C\CCCCCC. The molecule has 0 aliphatic carbocycles. The summed E-state index contributed by atoms with van der Waals surface area (Å²) in [7, 11) is -9.99. The second-order valence-corrected chi connectivity index (χ2v) is 29.9. The van der Waals surface area contributed by atoms with E-state index in [1.807, 2.05) is 18.2 Å². The van der Waals surface area contributed by atoms with Gasteiger partial charge < -0.3 is 33.8 Å². The third-order valence-corrected chi connectivity index (χ3v) is 18.8. The Morgan fingerprint density at radius 1 is 0.279 bits per heavy atom. The molecular weight excluding hydrogens is 1350 g/mol. The fourth-order valence-corrected chi connectivity index (χ4v) is 12.3. The average molecular weight is 1500 g/mol. The van der Waals surface area contributed by atoms with Gasteiger partial charge in [0.25, 0.3) is 0 Å². The van der Waals surface area contributed by atoms with Crippen LogP contribution in [0.5, 0.6) is 0 Å². The van der Waals surface area contributed by atoms with Crippen molar-refractivity contribution < 1.29 is 80.2 Å². The van der Waals surface area contributed by atoms with Gasteiger partial charge in [0, 0.05) is 25.7 Å². The fourth-order valence-electron chi connectivity index (χ4n) is 10.7. The van der Waals surface area contributed by atoms with Crippen molar-refractivity contribution in [3.05, 3.63) is 122 Å². The number of aliphatic hydroxyl groups excluding tert-OH is 1. The molecular formula is C85H146O17P2. The summed E-state index contributed by atoms with van der Waals surface area (Å²) in [4.78, 5) is 73.0. The molecule has 0 aromatic carbocycles. The Kier molecular flexibility index (Phi) is 73.3. The summed E-state index contributed by atoms with van der Waals surface area (Å²) in [6.45, 7) is 4.63. The van der Waals surface area contributed by atoms with E-state index in [-0.39, 0.29) is 25.7 Å². The van der Waals surface area contributed by atoms with E-state index in [2.05, 4.69) is 131 Å². The maximum absolute atomic E-state index is 13.1. The van der Waals surface area contributed by atoms with E-state index < -0.39 is 97.5 Å². The molecule has 0 aromatic heterocycles. The van der Waals surface area contributed by atoms with Crippen LogP contribution in [0.4, 0.5) is 0 Å². The molecule has 598 valence electrons. The smallest absolute Gasteiger partial charge is 0.462 e. The van der Waals surface area contributed by atoms with Gasteiger partial charge >= 0.3 is 39.5 Å². The maximum atomic E-state index is 13.1. The van der Waals surface area contributed by atoms with Crippen molar-refractivity contribution in [2.75, 3.05) is 39.6 Å². The summed E-state index contributed by atoms with van der Waals surface area (Å²) < 4.78 is 68.6. The van der Waals surface area contributed by atoms with E-state index in [4.69, 9.17) is 37.0 Å². The van der Waals surface area contributed by atoms with Crippen molar-refractivity contribution >= 4 is 39.5 Å². The molecule has 0 aliphatic heterocycles. The molecule has 104 heavy (non-hydrogen) atoms. The lowest BCUT2D eigenvalue weighted by Gasteiger charge is -2.21. The lowest BCUT2D eigenvalue weighted by Crippen LogP contribution is -2.30. The Morgan fingerprint density at radius 3 is 0.856 bits per heavy atom. The zero-order valence-electron chi connectivity index (χ0n) is 65.4. The van der Waals surface area contributed by atoms with Crippen LogP contribution >= 0.6 is 15.6 Å². The van der Waals surface area contributed by atoms with Crippen LogP contribution in [0.2, 0.25) is 0 Å². The standard InChI is InChI=1S/C85H146O17P2/c1-5-9-13-17-21-25-29-33-37-38-39-40-44-48-52-56-60-64-68-72-85(90)102-81(76-96-83(88)70-66-62-58-54-50-46-42-35-31-27-23-19-15-11-7-3)78-100-104(93,94)98-74-79(86)73-97-103(91,92)99-77-80(101-84(89)71-67-63-59-55-51-47-43-36-32-28-24-20-16-12-8-4)75-95-82(87)69-65-61-57-53-49-45-41-34-30-26-22-18-14-10-6-2/h9,13,21-22,25-28,31-34,37,39-41,48,52,60,64,79-81,86H,5-8,10-12,14-20,23-24,29-30,35-36,38,42-47,49-51,53-59,61-63,65-78H2,1-4H3,(H,91,92)(H,93,94)/b13-9-,25-21-,26-22-,31-27-,32-28-,37-33-,40-39-,41-34-,52-48-,64-60-/t79-,80-,81-/m1/s1. The molecule has 0 aromatic rings.